The van der Waals surface area contributed by atoms with E-state index in [1.807, 2.05) is 24.3 Å². The van der Waals surface area contributed by atoms with Crippen molar-refractivity contribution in [3.05, 3.63) is 36.0 Å². The fourth-order valence-corrected chi connectivity index (χ4v) is 1.59. The molecule has 0 aliphatic heterocycles. The van der Waals surface area contributed by atoms with Crippen molar-refractivity contribution < 1.29 is 4.79 Å². The molecule has 3 N–H and O–H groups in total. The summed E-state index contributed by atoms with van der Waals surface area (Å²) in [6, 6.07) is 6.88. The molecule has 0 saturated carbocycles. The first kappa shape index (κ1) is 9.24. The van der Waals surface area contributed by atoms with E-state index in [2.05, 4.69) is 4.98 Å². The van der Waals surface area contributed by atoms with Gasteiger partial charge in [0.15, 0.2) is 0 Å². The molecule has 0 spiro atoms. The van der Waals surface area contributed by atoms with E-state index in [1.54, 1.807) is 6.20 Å². The maximum atomic E-state index is 10.9. The number of carbonyl (C=O) groups excluding carboxylic acids is 1. The molecule has 4 heteroatoms. The zero-order chi connectivity index (χ0) is 10.1. The molecule has 1 atom stereocenters. The zero-order valence-electron chi connectivity index (χ0n) is 7.33. The third-order valence-corrected chi connectivity index (χ3v) is 2.44. The van der Waals surface area contributed by atoms with Gasteiger partial charge in [-0.05, 0) is 17.7 Å². The van der Waals surface area contributed by atoms with Gasteiger partial charge in [0.2, 0.25) is 5.24 Å². The molecule has 14 heavy (non-hydrogen) atoms. The molecule has 1 aromatic heterocycles. The molecule has 72 valence electrons. The van der Waals surface area contributed by atoms with Crippen LogP contribution in [0, 0.1) is 0 Å². The van der Waals surface area contributed by atoms with Gasteiger partial charge in [0.05, 0.1) is 0 Å². The minimum absolute atomic E-state index is 0.547. The zero-order valence-corrected chi connectivity index (χ0v) is 8.08. The van der Waals surface area contributed by atoms with E-state index in [4.69, 9.17) is 17.3 Å². The molecule has 2 aromatic rings. The van der Waals surface area contributed by atoms with Crippen LogP contribution < -0.4 is 5.73 Å². The Hall–Kier alpha value is -1.32. The number of fused-ring (bicyclic) bond motifs is 1. The summed E-state index contributed by atoms with van der Waals surface area (Å²) < 4.78 is 0. The van der Waals surface area contributed by atoms with Crippen LogP contribution in [0.3, 0.4) is 0 Å². The Kier molecular flexibility index (Phi) is 2.27. The van der Waals surface area contributed by atoms with Crippen LogP contribution in [0.15, 0.2) is 30.5 Å². The molecule has 0 fully saturated rings. The number of hydrogen-bond donors (Lipinski definition) is 2. The summed E-state index contributed by atoms with van der Waals surface area (Å²) in [6.45, 7) is 0. The van der Waals surface area contributed by atoms with Crippen LogP contribution in [0.25, 0.3) is 10.9 Å². The van der Waals surface area contributed by atoms with Crippen molar-refractivity contribution in [2.45, 2.75) is 6.04 Å². The topological polar surface area (TPSA) is 58.9 Å². The molecule has 0 aliphatic carbocycles. The minimum atomic E-state index is -0.757. The van der Waals surface area contributed by atoms with Crippen LogP contribution in [0.4, 0.5) is 0 Å². The van der Waals surface area contributed by atoms with E-state index in [1.165, 1.54) is 0 Å². The van der Waals surface area contributed by atoms with Crippen LogP contribution >= 0.6 is 11.6 Å². The lowest BCUT2D eigenvalue weighted by molar-refractivity contribution is -0.112. The van der Waals surface area contributed by atoms with Crippen LogP contribution in [0.1, 0.15) is 11.6 Å². The predicted octanol–water partition coefficient (Wildman–Crippen LogP) is 1.93. The van der Waals surface area contributed by atoms with E-state index in [0.29, 0.717) is 0 Å². The van der Waals surface area contributed by atoms with E-state index in [0.717, 1.165) is 16.5 Å². The second-order valence-corrected chi connectivity index (χ2v) is 3.44. The van der Waals surface area contributed by atoms with Gasteiger partial charge in [-0.2, -0.15) is 0 Å². The van der Waals surface area contributed by atoms with Gasteiger partial charge < -0.3 is 10.7 Å². The van der Waals surface area contributed by atoms with Crippen molar-refractivity contribution in [2.75, 3.05) is 0 Å². The van der Waals surface area contributed by atoms with Crippen molar-refractivity contribution in [2.24, 2.45) is 5.73 Å². The molecule has 0 bridgehead atoms. The largest absolute Gasteiger partial charge is 0.361 e. The Balaban J connectivity index is 2.58. The summed E-state index contributed by atoms with van der Waals surface area (Å²) in [5, 5.41) is 0.392. The monoisotopic (exact) mass is 208 g/mol. The van der Waals surface area contributed by atoms with Crippen LogP contribution in [0.2, 0.25) is 0 Å². The molecule has 1 heterocycles. The second-order valence-electron chi connectivity index (χ2n) is 3.07. The molecule has 0 saturated heterocycles. The third-order valence-electron chi connectivity index (χ3n) is 2.20. The Morgan fingerprint density at radius 1 is 1.43 bits per heavy atom. The molecular weight excluding hydrogens is 200 g/mol. The maximum absolute atomic E-state index is 10.9. The smallest absolute Gasteiger partial charge is 0.243 e. The Morgan fingerprint density at radius 3 is 2.86 bits per heavy atom. The van der Waals surface area contributed by atoms with Crippen molar-refractivity contribution in [1.82, 2.24) is 4.98 Å². The molecular formula is C10H9ClN2O. The number of carbonyl (C=O) groups is 1. The quantitative estimate of drug-likeness (QED) is 0.741. The van der Waals surface area contributed by atoms with E-state index < -0.39 is 11.3 Å². The lowest BCUT2D eigenvalue weighted by Crippen LogP contribution is -2.16. The highest BCUT2D eigenvalue weighted by molar-refractivity contribution is 6.64. The highest BCUT2D eigenvalue weighted by Crippen LogP contribution is 2.23. The molecule has 1 unspecified atom stereocenters. The SMILES string of the molecule is NC(C(=O)Cl)c1c[nH]c2ccccc12. The summed E-state index contributed by atoms with van der Waals surface area (Å²) in [5.74, 6) is 0. The number of halogens is 1. The number of nitrogens with one attached hydrogen (secondary N) is 1. The first-order valence-electron chi connectivity index (χ1n) is 4.21. The molecule has 0 amide bonds. The molecule has 2 rings (SSSR count). The number of aromatic nitrogens is 1. The number of aromatic amines is 1. The second kappa shape index (κ2) is 3.44. The van der Waals surface area contributed by atoms with Gasteiger partial charge in [0, 0.05) is 22.7 Å². The first-order chi connectivity index (χ1) is 6.70. The minimum Gasteiger partial charge on any atom is -0.361 e. The Bertz CT molecular complexity index is 478. The third kappa shape index (κ3) is 1.41. The Labute approximate surface area is 85.9 Å². The van der Waals surface area contributed by atoms with E-state index in [9.17, 15) is 4.79 Å². The number of nitrogens with two attached hydrogens (primary N) is 1. The number of para-hydroxylation sites is 1. The van der Waals surface area contributed by atoms with Crippen LogP contribution in [-0.4, -0.2) is 10.2 Å². The summed E-state index contributed by atoms with van der Waals surface area (Å²) in [4.78, 5) is 13.9. The summed E-state index contributed by atoms with van der Waals surface area (Å²) in [6.07, 6.45) is 1.72. The predicted molar refractivity (Wildman–Crippen MR) is 56.1 cm³/mol. The van der Waals surface area contributed by atoms with Gasteiger partial charge in [0.1, 0.15) is 6.04 Å². The van der Waals surface area contributed by atoms with Crippen molar-refractivity contribution >= 4 is 27.7 Å². The number of benzene rings is 1. The summed E-state index contributed by atoms with van der Waals surface area (Å²) in [7, 11) is 0. The van der Waals surface area contributed by atoms with Crippen molar-refractivity contribution in [1.29, 1.82) is 0 Å². The lowest BCUT2D eigenvalue weighted by Gasteiger charge is -2.03. The molecule has 3 nitrogen and oxygen atoms in total. The molecule has 0 aliphatic rings. The highest BCUT2D eigenvalue weighted by atomic mass is 35.5. The number of H-pyrrole nitrogens is 1. The lowest BCUT2D eigenvalue weighted by atomic mass is 10.1. The fraction of sp³-hybridized carbons (Fsp3) is 0.100. The average molecular weight is 209 g/mol. The van der Waals surface area contributed by atoms with Gasteiger partial charge in [-0.1, -0.05) is 18.2 Å². The van der Waals surface area contributed by atoms with E-state index >= 15 is 0 Å². The molecule has 0 radical (unpaired) electrons. The van der Waals surface area contributed by atoms with Gasteiger partial charge >= 0.3 is 0 Å². The van der Waals surface area contributed by atoms with Gasteiger partial charge in [-0.25, -0.2) is 0 Å². The highest BCUT2D eigenvalue weighted by Gasteiger charge is 2.16. The first-order valence-corrected chi connectivity index (χ1v) is 4.59. The maximum Gasteiger partial charge on any atom is 0.243 e. The Morgan fingerprint density at radius 2 is 2.14 bits per heavy atom. The van der Waals surface area contributed by atoms with Crippen LogP contribution in [-0.2, 0) is 4.79 Å². The molecule has 1 aromatic carbocycles. The van der Waals surface area contributed by atoms with Gasteiger partial charge in [-0.15, -0.1) is 0 Å². The average Bonchev–Trinajstić information content (AvgIpc) is 2.60. The standard InChI is InChI=1S/C10H9ClN2O/c11-10(14)9(12)7-5-13-8-4-2-1-3-6(7)8/h1-5,9,13H,12H2. The van der Waals surface area contributed by atoms with Crippen molar-refractivity contribution in [3.63, 3.8) is 0 Å². The normalized spacial score (nSPS) is 13.0. The summed E-state index contributed by atoms with van der Waals surface area (Å²) >= 11 is 5.34. The summed E-state index contributed by atoms with van der Waals surface area (Å²) in [5.41, 5.74) is 7.34. The van der Waals surface area contributed by atoms with Crippen LogP contribution in [0.5, 0.6) is 0 Å². The van der Waals surface area contributed by atoms with Gasteiger partial charge in [0.25, 0.3) is 0 Å². The van der Waals surface area contributed by atoms with Gasteiger partial charge in [-0.3, -0.25) is 4.79 Å². The fourth-order valence-electron chi connectivity index (χ4n) is 1.47. The number of rotatable bonds is 2. The van der Waals surface area contributed by atoms with Crippen molar-refractivity contribution in [3.8, 4) is 0 Å². The number of hydrogen-bond acceptors (Lipinski definition) is 2. The van der Waals surface area contributed by atoms with E-state index in [-0.39, 0.29) is 0 Å².